The Morgan fingerprint density at radius 1 is 1.38 bits per heavy atom. The Balaban J connectivity index is 2.65. The highest BCUT2D eigenvalue weighted by Crippen LogP contribution is 2.29. The maximum Gasteiger partial charge on any atom is 0.411 e. The number of methoxy groups -OCH3 is 1. The Bertz CT molecular complexity index is 528. The number of non-ortho nitro benzene ring substituents is 1. The molecule has 1 aromatic carbocycles. The van der Waals surface area contributed by atoms with Crippen molar-refractivity contribution in [2.24, 2.45) is 0 Å². The van der Waals surface area contributed by atoms with E-state index in [1.165, 1.54) is 25.3 Å². The highest BCUT2D eigenvalue weighted by Gasteiger charge is 2.16. The van der Waals surface area contributed by atoms with Gasteiger partial charge < -0.3 is 9.47 Å². The van der Waals surface area contributed by atoms with Gasteiger partial charge in [0.2, 0.25) is 0 Å². The lowest BCUT2D eigenvalue weighted by molar-refractivity contribution is -0.384. The van der Waals surface area contributed by atoms with Crippen molar-refractivity contribution in [1.82, 2.24) is 0 Å². The van der Waals surface area contributed by atoms with Crippen LogP contribution in [0.25, 0.3) is 0 Å². The molecule has 0 fully saturated rings. The number of benzene rings is 1. The van der Waals surface area contributed by atoms with Gasteiger partial charge in [-0.2, -0.15) is 0 Å². The van der Waals surface area contributed by atoms with Gasteiger partial charge in [0.25, 0.3) is 5.69 Å². The number of anilines is 1. The van der Waals surface area contributed by atoms with Gasteiger partial charge in [0.15, 0.2) is 0 Å². The summed E-state index contributed by atoms with van der Waals surface area (Å²) in [5.74, 6) is 0.214. The Kier molecular flexibility index (Phi) is 5.71. The zero-order valence-corrected chi connectivity index (χ0v) is 13.6. The maximum absolute atomic E-state index is 11.7. The summed E-state index contributed by atoms with van der Waals surface area (Å²) >= 11 is 0. The lowest BCUT2D eigenvalue weighted by atomic mass is 10.2. The van der Waals surface area contributed by atoms with Crippen LogP contribution in [0.1, 0.15) is 0 Å². The van der Waals surface area contributed by atoms with Crippen molar-refractivity contribution in [2.45, 2.75) is 25.7 Å². The number of hydrogen-bond donors (Lipinski definition) is 1. The van der Waals surface area contributed by atoms with Crippen LogP contribution in [0.4, 0.5) is 16.2 Å². The molecule has 0 aromatic heterocycles. The minimum absolute atomic E-state index is 0.107. The summed E-state index contributed by atoms with van der Waals surface area (Å²) in [6, 6.07) is 4.83. The molecule has 0 aliphatic carbocycles. The standard InChI is InChI=1S/C13H20N2O5Si/c1-19-12-9-10(15(17)18)5-6-11(12)14-13(16)20-7-8-21(2,3)4/h5-6,9H,7-8H2,1-4H3,(H,14,16). The van der Waals surface area contributed by atoms with Gasteiger partial charge in [-0.25, -0.2) is 4.79 Å². The van der Waals surface area contributed by atoms with Gasteiger partial charge in [-0.3, -0.25) is 15.4 Å². The van der Waals surface area contributed by atoms with Crippen LogP contribution < -0.4 is 10.1 Å². The van der Waals surface area contributed by atoms with E-state index in [-0.39, 0.29) is 11.4 Å². The molecule has 0 unspecified atom stereocenters. The molecule has 1 rings (SSSR count). The largest absolute Gasteiger partial charge is 0.494 e. The van der Waals surface area contributed by atoms with E-state index in [1.807, 2.05) is 0 Å². The van der Waals surface area contributed by atoms with Crippen molar-refractivity contribution in [3.8, 4) is 5.75 Å². The lowest BCUT2D eigenvalue weighted by Crippen LogP contribution is -2.24. The molecule has 7 nitrogen and oxygen atoms in total. The van der Waals surface area contributed by atoms with Crippen LogP contribution in [0.2, 0.25) is 25.7 Å². The highest BCUT2D eigenvalue weighted by molar-refractivity contribution is 6.76. The fourth-order valence-corrected chi connectivity index (χ4v) is 2.21. The van der Waals surface area contributed by atoms with E-state index in [0.717, 1.165) is 6.04 Å². The molecule has 116 valence electrons. The van der Waals surface area contributed by atoms with Crippen molar-refractivity contribution in [1.29, 1.82) is 0 Å². The van der Waals surface area contributed by atoms with Gasteiger partial charge in [0.05, 0.1) is 30.4 Å². The van der Waals surface area contributed by atoms with Gasteiger partial charge in [0, 0.05) is 14.1 Å². The molecule has 0 radical (unpaired) electrons. The number of ether oxygens (including phenoxy) is 2. The van der Waals surface area contributed by atoms with Crippen molar-refractivity contribution in [2.75, 3.05) is 19.0 Å². The second-order valence-corrected chi connectivity index (χ2v) is 11.3. The SMILES string of the molecule is COc1cc([N+](=O)[O-])ccc1NC(=O)OCC[Si](C)(C)C. The molecule has 0 heterocycles. The number of nitrogens with zero attached hydrogens (tertiary/aromatic N) is 1. The molecular weight excluding hydrogens is 292 g/mol. The topological polar surface area (TPSA) is 90.7 Å². The van der Waals surface area contributed by atoms with Gasteiger partial charge in [-0.1, -0.05) is 19.6 Å². The molecule has 0 aliphatic rings. The molecule has 1 N–H and O–H groups in total. The molecular formula is C13H20N2O5Si. The van der Waals surface area contributed by atoms with E-state index in [9.17, 15) is 14.9 Å². The van der Waals surface area contributed by atoms with Crippen LogP contribution in [0.3, 0.4) is 0 Å². The second kappa shape index (κ2) is 7.07. The summed E-state index contributed by atoms with van der Waals surface area (Å²) in [5.41, 5.74) is 0.227. The van der Waals surface area contributed by atoms with Crippen LogP contribution in [0, 0.1) is 10.1 Å². The van der Waals surface area contributed by atoms with Crippen LogP contribution in [0.5, 0.6) is 5.75 Å². The van der Waals surface area contributed by atoms with E-state index < -0.39 is 19.1 Å². The smallest absolute Gasteiger partial charge is 0.411 e. The Morgan fingerprint density at radius 2 is 2.05 bits per heavy atom. The molecule has 0 bridgehead atoms. The summed E-state index contributed by atoms with van der Waals surface area (Å²) in [6.45, 7) is 6.92. The summed E-state index contributed by atoms with van der Waals surface area (Å²) in [6.07, 6.45) is -0.597. The average molecular weight is 312 g/mol. The van der Waals surface area contributed by atoms with E-state index in [2.05, 4.69) is 25.0 Å². The van der Waals surface area contributed by atoms with Crippen molar-refractivity contribution in [3.63, 3.8) is 0 Å². The minimum atomic E-state index is -1.26. The number of hydrogen-bond acceptors (Lipinski definition) is 5. The van der Waals surface area contributed by atoms with Gasteiger partial charge >= 0.3 is 6.09 Å². The Hall–Kier alpha value is -2.09. The first-order valence-corrected chi connectivity index (χ1v) is 10.2. The summed E-state index contributed by atoms with van der Waals surface area (Å²) in [5, 5.41) is 13.2. The van der Waals surface area contributed by atoms with Crippen LogP contribution in [-0.4, -0.2) is 32.8 Å². The summed E-state index contributed by atoms with van der Waals surface area (Å²) in [7, 11) is 0.117. The van der Waals surface area contributed by atoms with E-state index in [1.54, 1.807) is 0 Å². The quantitative estimate of drug-likeness (QED) is 0.493. The third kappa shape index (κ3) is 5.82. The molecule has 1 amide bonds. The predicted molar refractivity (Wildman–Crippen MR) is 82.8 cm³/mol. The average Bonchev–Trinajstić information content (AvgIpc) is 2.37. The fraction of sp³-hybridized carbons (Fsp3) is 0.462. The molecule has 21 heavy (non-hydrogen) atoms. The number of carbonyl (C=O) groups is 1. The summed E-state index contributed by atoms with van der Waals surface area (Å²) in [4.78, 5) is 21.8. The van der Waals surface area contributed by atoms with Crippen molar-refractivity contribution < 1.29 is 19.2 Å². The van der Waals surface area contributed by atoms with Crippen molar-refractivity contribution in [3.05, 3.63) is 28.3 Å². The first-order chi connectivity index (χ1) is 9.73. The molecule has 0 saturated heterocycles. The molecule has 0 spiro atoms. The zero-order chi connectivity index (χ0) is 16.0. The van der Waals surface area contributed by atoms with E-state index in [4.69, 9.17) is 9.47 Å². The maximum atomic E-state index is 11.7. The number of amides is 1. The number of nitro groups is 1. The van der Waals surface area contributed by atoms with Gasteiger partial charge in [-0.15, -0.1) is 0 Å². The third-order valence-electron chi connectivity index (χ3n) is 2.72. The number of rotatable bonds is 6. The fourth-order valence-electron chi connectivity index (χ4n) is 1.49. The van der Waals surface area contributed by atoms with Crippen molar-refractivity contribution >= 4 is 25.5 Å². The van der Waals surface area contributed by atoms with Gasteiger partial charge in [0.1, 0.15) is 5.75 Å². The number of nitrogens with one attached hydrogen (secondary N) is 1. The zero-order valence-electron chi connectivity index (χ0n) is 12.6. The molecule has 0 atom stereocenters. The highest BCUT2D eigenvalue weighted by atomic mass is 28.3. The normalized spacial score (nSPS) is 10.9. The first kappa shape index (κ1) is 17.0. The van der Waals surface area contributed by atoms with Gasteiger partial charge in [-0.05, 0) is 12.1 Å². The first-order valence-electron chi connectivity index (χ1n) is 6.49. The molecule has 1 aromatic rings. The van der Waals surface area contributed by atoms with Crippen LogP contribution >= 0.6 is 0 Å². The number of nitro benzene ring substituents is 1. The number of carbonyl (C=O) groups excluding carboxylic acids is 1. The van der Waals surface area contributed by atoms with Crippen LogP contribution in [0.15, 0.2) is 18.2 Å². The second-order valence-electron chi connectivity index (χ2n) is 5.71. The summed E-state index contributed by atoms with van der Waals surface area (Å²) < 4.78 is 10.1. The van der Waals surface area contributed by atoms with Crippen LogP contribution in [-0.2, 0) is 4.74 Å². The Labute approximate surface area is 124 Å². The molecule has 0 saturated carbocycles. The molecule has 8 heteroatoms. The van der Waals surface area contributed by atoms with E-state index >= 15 is 0 Å². The third-order valence-corrected chi connectivity index (χ3v) is 4.42. The minimum Gasteiger partial charge on any atom is -0.494 e. The Morgan fingerprint density at radius 3 is 2.57 bits per heavy atom. The molecule has 0 aliphatic heterocycles. The monoisotopic (exact) mass is 312 g/mol. The van der Waals surface area contributed by atoms with E-state index in [0.29, 0.717) is 12.3 Å². The predicted octanol–water partition coefficient (Wildman–Crippen LogP) is 3.49. The lowest BCUT2D eigenvalue weighted by Gasteiger charge is -2.16.